The first-order chi connectivity index (χ1) is 10.9. The second-order valence-corrected chi connectivity index (χ2v) is 5.61. The highest BCUT2D eigenvalue weighted by atomic mass is 35.5. The van der Waals surface area contributed by atoms with Crippen molar-refractivity contribution in [2.75, 3.05) is 19.0 Å². The van der Waals surface area contributed by atoms with E-state index in [0.717, 1.165) is 0 Å². The SMILES string of the molecule is CC(CO)N(C)C(=O)Nc1ccc(Cl)cc1C(=O)c1ccc[nH]1. The molecule has 0 aliphatic heterocycles. The number of likely N-dealkylation sites (N-methyl/N-ethyl adjacent to an activating group) is 1. The number of rotatable bonds is 5. The maximum Gasteiger partial charge on any atom is 0.321 e. The van der Waals surface area contributed by atoms with Crippen LogP contribution < -0.4 is 5.32 Å². The molecule has 1 aromatic carbocycles. The zero-order valence-electron chi connectivity index (χ0n) is 12.8. The Morgan fingerprint density at radius 2 is 2.13 bits per heavy atom. The number of aliphatic hydroxyl groups excluding tert-OH is 1. The summed E-state index contributed by atoms with van der Waals surface area (Å²) in [6.45, 7) is 1.56. The molecule has 2 rings (SSSR count). The van der Waals surface area contributed by atoms with Gasteiger partial charge in [0.2, 0.25) is 5.78 Å². The largest absolute Gasteiger partial charge is 0.394 e. The van der Waals surface area contributed by atoms with Crippen molar-refractivity contribution in [2.45, 2.75) is 13.0 Å². The third-order valence-electron chi connectivity index (χ3n) is 3.56. The van der Waals surface area contributed by atoms with Crippen molar-refractivity contribution in [1.29, 1.82) is 0 Å². The van der Waals surface area contributed by atoms with E-state index in [9.17, 15) is 9.59 Å². The highest BCUT2D eigenvalue weighted by molar-refractivity contribution is 6.31. The fourth-order valence-electron chi connectivity index (χ4n) is 1.96. The first-order valence-corrected chi connectivity index (χ1v) is 7.44. The van der Waals surface area contributed by atoms with E-state index in [1.807, 2.05) is 0 Å². The van der Waals surface area contributed by atoms with Gasteiger partial charge in [0, 0.05) is 23.8 Å². The van der Waals surface area contributed by atoms with Crippen molar-refractivity contribution in [2.24, 2.45) is 0 Å². The zero-order valence-corrected chi connectivity index (χ0v) is 13.6. The van der Waals surface area contributed by atoms with E-state index in [1.165, 1.54) is 11.0 Å². The number of amides is 2. The van der Waals surface area contributed by atoms with E-state index in [4.69, 9.17) is 16.7 Å². The predicted molar refractivity (Wildman–Crippen MR) is 89.0 cm³/mol. The maximum absolute atomic E-state index is 12.5. The van der Waals surface area contributed by atoms with Crippen LogP contribution >= 0.6 is 11.6 Å². The standard InChI is InChI=1S/C16H18ClN3O3/c1-10(9-21)20(2)16(23)19-13-6-5-11(17)8-12(13)15(22)14-4-3-7-18-14/h3-8,10,18,21H,9H2,1-2H3,(H,19,23). The molecular weight excluding hydrogens is 318 g/mol. The summed E-state index contributed by atoms with van der Waals surface area (Å²) in [4.78, 5) is 28.9. The summed E-state index contributed by atoms with van der Waals surface area (Å²) in [5.74, 6) is -0.273. The summed E-state index contributed by atoms with van der Waals surface area (Å²) in [5, 5.41) is 12.2. The summed E-state index contributed by atoms with van der Waals surface area (Å²) in [6.07, 6.45) is 1.65. The molecule has 23 heavy (non-hydrogen) atoms. The predicted octanol–water partition coefficient (Wildman–Crippen LogP) is 2.74. The highest BCUT2D eigenvalue weighted by Gasteiger charge is 2.20. The van der Waals surface area contributed by atoms with Gasteiger partial charge in [0.25, 0.3) is 0 Å². The number of nitrogens with zero attached hydrogens (tertiary/aromatic N) is 1. The molecule has 7 heteroatoms. The Kier molecular flexibility index (Phi) is 5.41. The van der Waals surface area contributed by atoms with Crippen LogP contribution in [0, 0.1) is 0 Å². The van der Waals surface area contributed by atoms with E-state index in [-0.39, 0.29) is 18.4 Å². The van der Waals surface area contributed by atoms with Gasteiger partial charge in [-0.2, -0.15) is 0 Å². The number of aromatic nitrogens is 1. The highest BCUT2D eigenvalue weighted by Crippen LogP contribution is 2.23. The van der Waals surface area contributed by atoms with Gasteiger partial charge in [-0.1, -0.05) is 11.6 Å². The fraction of sp³-hybridized carbons (Fsp3) is 0.250. The van der Waals surface area contributed by atoms with Crippen LogP contribution in [0.1, 0.15) is 23.0 Å². The van der Waals surface area contributed by atoms with E-state index in [2.05, 4.69) is 10.3 Å². The molecule has 6 nitrogen and oxygen atoms in total. The number of halogens is 1. The normalized spacial score (nSPS) is 11.8. The molecule has 122 valence electrons. The lowest BCUT2D eigenvalue weighted by Gasteiger charge is -2.24. The molecule has 2 amide bonds. The average molecular weight is 336 g/mol. The van der Waals surface area contributed by atoms with Crippen molar-refractivity contribution < 1.29 is 14.7 Å². The lowest BCUT2D eigenvalue weighted by molar-refractivity contribution is 0.103. The third kappa shape index (κ3) is 3.91. The van der Waals surface area contributed by atoms with Gasteiger partial charge in [-0.3, -0.25) is 4.79 Å². The van der Waals surface area contributed by atoms with Crippen LogP contribution in [0.4, 0.5) is 10.5 Å². The number of urea groups is 1. The summed E-state index contributed by atoms with van der Waals surface area (Å²) in [5.41, 5.74) is 1.05. The molecule has 1 heterocycles. The Morgan fingerprint density at radius 3 is 2.74 bits per heavy atom. The maximum atomic E-state index is 12.5. The molecule has 0 bridgehead atoms. The van der Waals surface area contributed by atoms with Gasteiger partial charge >= 0.3 is 6.03 Å². The number of hydrogen-bond acceptors (Lipinski definition) is 3. The summed E-state index contributed by atoms with van der Waals surface area (Å²) in [6, 6.07) is 7.28. The van der Waals surface area contributed by atoms with E-state index < -0.39 is 6.03 Å². The van der Waals surface area contributed by atoms with Crippen LogP contribution in [-0.2, 0) is 0 Å². The number of anilines is 1. The van der Waals surface area contributed by atoms with E-state index in [0.29, 0.717) is 22.0 Å². The lowest BCUT2D eigenvalue weighted by atomic mass is 10.1. The number of benzene rings is 1. The molecular formula is C16H18ClN3O3. The molecule has 0 fully saturated rings. The lowest BCUT2D eigenvalue weighted by Crippen LogP contribution is -2.40. The van der Waals surface area contributed by atoms with Crippen LogP contribution in [-0.4, -0.2) is 46.5 Å². The minimum Gasteiger partial charge on any atom is -0.394 e. The molecule has 0 aliphatic carbocycles. The van der Waals surface area contributed by atoms with Gasteiger partial charge in [0.05, 0.1) is 24.0 Å². The monoisotopic (exact) mass is 335 g/mol. The number of aliphatic hydroxyl groups is 1. The number of hydrogen-bond donors (Lipinski definition) is 3. The smallest absolute Gasteiger partial charge is 0.321 e. The van der Waals surface area contributed by atoms with Crippen molar-refractivity contribution >= 4 is 29.1 Å². The number of aromatic amines is 1. The number of carbonyl (C=O) groups is 2. The molecule has 0 spiro atoms. The Labute approximate surface area is 139 Å². The number of H-pyrrole nitrogens is 1. The zero-order chi connectivity index (χ0) is 17.0. The Bertz CT molecular complexity index is 701. The van der Waals surface area contributed by atoms with Crippen molar-refractivity contribution in [3.8, 4) is 0 Å². The third-order valence-corrected chi connectivity index (χ3v) is 3.79. The molecule has 0 saturated carbocycles. The molecule has 1 unspecified atom stereocenters. The molecule has 0 aliphatic rings. The molecule has 2 aromatic rings. The van der Waals surface area contributed by atoms with Gasteiger partial charge < -0.3 is 20.3 Å². The Hall–Kier alpha value is -2.31. The van der Waals surface area contributed by atoms with Crippen LogP contribution in [0.3, 0.4) is 0 Å². The first-order valence-electron chi connectivity index (χ1n) is 7.06. The second-order valence-electron chi connectivity index (χ2n) is 5.18. The summed E-state index contributed by atoms with van der Waals surface area (Å²) < 4.78 is 0. The number of ketones is 1. The van der Waals surface area contributed by atoms with Gasteiger partial charge in [-0.25, -0.2) is 4.79 Å². The van der Waals surface area contributed by atoms with E-state index >= 15 is 0 Å². The van der Waals surface area contributed by atoms with E-state index in [1.54, 1.807) is 44.4 Å². The van der Waals surface area contributed by atoms with Crippen molar-refractivity contribution in [3.63, 3.8) is 0 Å². The molecule has 3 N–H and O–H groups in total. The first kappa shape index (κ1) is 17.1. The van der Waals surface area contributed by atoms with Crippen molar-refractivity contribution in [3.05, 3.63) is 52.8 Å². The topological polar surface area (TPSA) is 85.4 Å². The van der Waals surface area contributed by atoms with Gasteiger partial charge in [-0.15, -0.1) is 0 Å². The molecule has 1 atom stereocenters. The minimum atomic E-state index is -0.422. The van der Waals surface area contributed by atoms with Crippen LogP contribution in [0.15, 0.2) is 36.5 Å². The van der Waals surface area contributed by atoms with Crippen LogP contribution in [0.5, 0.6) is 0 Å². The Morgan fingerprint density at radius 1 is 1.39 bits per heavy atom. The van der Waals surface area contributed by atoms with Gasteiger partial charge in [0.15, 0.2) is 0 Å². The van der Waals surface area contributed by atoms with Gasteiger partial charge in [-0.05, 0) is 37.3 Å². The second kappa shape index (κ2) is 7.30. The summed E-state index contributed by atoms with van der Waals surface area (Å²) in [7, 11) is 1.57. The minimum absolute atomic E-state index is 0.154. The molecule has 1 aromatic heterocycles. The van der Waals surface area contributed by atoms with Crippen LogP contribution in [0.2, 0.25) is 5.02 Å². The number of nitrogens with one attached hydrogen (secondary N) is 2. The average Bonchev–Trinajstić information content (AvgIpc) is 3.08. The number of carbonyl (C=O) groups excluding carboxylic acids is 2. The van der Waals surface area contributed by atoms with Crippen molar-refractivity contribution in [1.82, 2.24) is 9.88 Å². The Balaban J connectivity index is 2.29. The molecule has 0 radical (unpaired) electrons. The quantitative estimate of drug-likeness (QED) is 0.734. The van der Waals surface area contributed by atoms with Crippen LogP contribution in [0.25, 0.3) is 0 Å². The van der Waals surface area contributed by atoms with Gasteiger partial charge in [0.1, 0.15) is 0 Å². The molecule has 0 saturated heterocycles. The fourth-order valence-corrected chi connectivity index (χ4v) is 2.13. The summed E-state index contributed by atoms with van der Waals surface area (Å²) >= 11 is 5.98.